The van der Waals surface area contributed by atoms with E-state index in [0.29, 0.717) is 5.39 Å². The number of aromatic hydroxyl groups is 1. The average Bonchev–Trinajstić information content (AvgIpc) is 2.33. The van der Waals surface area contributed by atoms with Crippen molar-refractivity contribution >= 4 is 16.9 Å². The molecule has 82 valence electrons. The number of phenolic OH excluding ortho intramolecular Hbond substituents is 1. The largest absolute Gasteiger partial charge is 0.513 e. The summed E-state index contributed by atoms with van der Waals surface area (Å²) in [6.45, 7) is 0. The predicted octanol–water partition coefficient (Wildman–Crippen LogP) is 2.69. The molecule has 16 heavy (non-hydrogen) atoms. The maximum Gasteiger partial charge on any atom is 0.513 e. The summed E-state index contributed by atoms with van der Waals surface area (Å²) in [7, 11) is 1.21. The summed E-state index contributed by atoms with van der Waals surface area (Å²) in [6.07, 6.45) is -0.856. The van der Waals surface area contributed by atoms with Gasteiger partial charge >= 0.3 is 6.16 Å². The minimum atomic E-state index is -0.856. The van der Waals surface area contributed by atoms with Crippen LogP contribution >= 0.6 is 0 Å². The van der Waals surface area contributed by atoms with Gasteiger partial charge in [0.2, 0.25) is 0 Å². The van der Waals surface area contributed by atoms with Gasteiger partial charge in [0.25, 0.3) is 0 Å². The van der Waals surface area contributed by atoms with Crippen LogP contribution in [0.15, 0.2) is 36.4 Å². The van der Waals surface area contributed by atoms with Crippen molar-refractivity contribution < 1.29 is 19.4 Å². The highest BCUT2D eigenvalue weighted by Gasteiger charge is 2.11. The lowest BCUT2D eigenvalue weighted by Gasteiger charge is -2.07. The van der Waals surface area contributed by atoms with Gasteiger partial charge in [-0.1, -0.05) is 30.3 Å². The van der Waals surface area contributed by atoms with E-state index in [1.807, 2.05) is 12.1 Å². The Kier molecular flexibility index (Phi) is 2.64. The Labute approximate surface area is 92.0 Å². The van der Waals surface area contributed by atoms with Gasteiger partial charge in [-0.3, -0.25) is 0 Å². The maximum atomic E-state index is 10.9. The lowest BCUT2D eigenvalue weighted by Crippen LogP contribution is -2.07. The van der Waals surface area contributed by atoms with Gasteiger partial charge in [-0.2, -0.15) is 0 Å². The van der Waals surface area contributed by atoms with Crippen LogP contribution in [0.25, 0.3) is 10.8 Å². The van der Waals surface area contributed by atoms with Crippen molar-refractivity contribution in [1.82, 2.24) is 0 Å². The lowest BCUT2D eigenvalue weighted by atomic mass is 10.1. The summed E-state index contributed by atoms with van der Waals surface area (Å²) < 4.78 is 9.14. The molecule has 0 aliphatic carbocycles. The summed E-state index contributed by atoms with van der Waals surface area (Å²) in [6, 6.07) is 10.5. The van der Waals surface area contributed by atoms with Crippen LogP contribution in [0.4, 0.5) is 4.79 Å². The molecule has 0 radical (unpaired) electrons. The average molecular weight is 218 g/mol. The van der Waals surface area contributed by atoms with Gasteiger partial charge in [-0.25, -0.2) is 4.79 Å². The van der Waals surface area contributed by atoms with Crippen molar-refractivity contribution in [3.05, 3.63) is 36.4 Å². The van der Waals surface area contributed by atoms with E-state index in [9.17, 15) is 9.90 Å². The third-order valence-corrected chi connectivity index (χ3v) is 2.22. The molecule has 0 spiro atoms. The quantitative estimate of drug-likeness (QED) is 0.590. The zero-order chi connectivity index (χ0) is 11.5. The van der Waals surface area contributed by atoms with E-state index in [1.165, 1.54) is 13.2 Å². The van der Waals surface area contributed by atoms with Crippen LogP contribution in [0.2, 0.25) is 0 Å². The standard InChI is InChI=1S/C12H10O4/c1-15-12(14)16-10-7-6-8-4-2-3-5-9(8)11(10)13/h2-7,13H,1H3. The Bertz CT molecular complexity index is 534. The normalized spacial score (nSPS) is 10.1. The van der Waals surface area contributed by atoms with Crippen LogP contribution in [0.3, 0.4) is 0 Å². The Morgan fingerprint density at radius 2 is 1.94 bits per heavy atom. The van der Waals surface area contributed by atoms with Crippen molar-refractivity contribution in [1.29, 1.82) is 0 Å². The van der Waals surface area contributed by atoms with E-state index < -0.39 is 6.16 Å². The van der Waals surface area contributed by atoms with Crippen molar-refractivity contribution in [2.45, 2.75) is 0 Å². The Hall–Kier alpha value is -2.23. The van der Waals surface area contributed by atoms with Crippen molar-refractivity contribution in [3.63, 3.8) is 0 Å². The van der Waals surface area contributed by atoms with Gasteiger partial charge in [-0.05, 0) is 11.5 Å². The first-order valence-electron chi connectivity index (χ1n) is 4.69. The van der Waals surface area contributed by atoms with Gasteiger partial charge in [0, 0.05) is 5.39 Å². The summed E-state index contributed by atoms with van der Waals surface area (Å²) in [5.74, 6) is 0.0223. The second-order valence-electron chi connectivity index (χ2n) is 3.19. The molecule has 1 N–H and O–H groups in total. The molecule has 0 atom stereocenters. The molecular weight excluding hydrogens is 208 g/mol. The van der Waals surface area contributed by atoms with Crippen LogP contribution < -0.4 is 4.74 Å². The van der Waals surface area contributed by atoms with E-state index >= 15 is 0 Å². The summed E-state index contributed by atoms with van der Waals surface area (Å²) in [5.41, 5.74) is 0. The van der Waals surface area contributed by atoms with Crippen molar-refractivity contribution in [2.24, 2.45) is 0 Å². The van der Waals surface area contributed by atoms with Crippen molar-refractivity contribution in [2.75, 3.05) is 7.11 Å². The Morgan fingerprint density at radius 3 is 2.69 bits per heavy atom. The molecule has 4 heteroatoms. The first kappa shape index (κ1) is 10.3. The first-order chi connectivity index (χ1) is 7.72. The molecule has 0 fully saturated rings. The number of ether oxygens (including phenoxy) is 2. The molecule has 4 nitrogen and oxygen atoms in total. The number of rotatable bonds is 1. The zero-order valence-corrected chi connectivity index (χ0v) is 8.64. The molecule has 0 saturated carbocycles. The summed E-state index contributed by atoms with van der Waals surface area (Å²) in [4.78, 5) is 10.9. The fourth-order valence-corrected chi connectivity index (χ4v) is 1.45. The molecule has 0 amide bonds. The third-order valence-electron chi connectivity index (χ3n) is 2.22. The lowest BCUT2D eigenvalue weighted by molar-refractivity contribution is 0.120. The van der Waals surface area contributed by atoms with Gasteiger partial charge in [0.05, 0.1) is 7.11 Å². The molecule has 0 aliphatic rings. The van der Waals surface area contributed by atoms with E-state index in [1.54, 1.807) is 18.2 Å². The van der Waals surface area contributed by atoms with Gasteiger partial charge in [-0.15, -0.1) is 0 Å². The second kappa shape index (κ2) is 4.10. The van der Waals surface area contributed by atoms with E-state index in [2.05, 4.69) is 4.74 Å². The number of carbonyl (C=O) groups is 1. The minimum Gasteiger partial charge on any atom is -0.504 e. The molecule has 0 saturated heterocycles. The zero-order valence-electron chi connectivity index (χ0n) is 8.64. The highest BCUT2D eigenvalue weighted by Crippen LogP contribution is 2.34. The number of hydrogen-bond acceptors (Lipinski definition) is 4. The first-order valence-corrected chi connectivity index (χ1v) is 4.69. The van der Waals surface area contributed by atoms with Crippen LogP contribution in [-0.4, -0.2) is 18.4 Å². The molecule has 2 aromatic carbocycles. The third kappa shape index (κ3) is 1.77. The molecule has 2 aromatic rings. The van der Waals surface area contributed by atoms with Crippen molar-refractivity contribution in [3.8, 4) is 11.5 Å². The number of hydrogen-bond donors (Lipinski definition) is 1. The number of carbonyl (C=O) groups excluding carboxylic acids is 1. The molecule has 0 aliphatic heterocycles. The van der Waals surface area contributed by atoms with E-state index in [0.717, 1.165) is 5.39 Å². The minimum absolute atomic E-state index is 0.0662. The number of fused-ring (bicyclic) bond motifs is 1. The van der Waals surface area contributed by atoms with E-state index in [-0.39, 0.29) is 11.5 Å². The van der Waals surface area contributed by atoms with Gasteiger partial charge in [0.1, 0.15) is 0 Å². The molecule has 0 bridgehead atoms. The fourth-order valence-electron chi connectivity index (χ4n) is 1.45. The second-order valence-corrected chi connectivity index (χ2v) is 3.19. The van der Waals surface area contributed by atoms with Gasteiger partial charge < -0.3 is 14.6 Å². The number of phenols is 1. The summed E-state index contributed by atoms with van der Waals surface area (Å²) in [5, 5.41) is 11.4. The molecule has 0 heterocycles. The number of benzene rings is 2. The number of methoxy groups -OCH3 is 1. The Morgan fingerprint density at radius 1 is 1.19 bits per heavy atom. The summed E-state index contributed by atoms with van der Waals surface area (Å²) >= 11 is 0. The molecular formula is C12H10O4. The maximum absolute atomic E-state index is 10.9. The Balaban J connectivity index is 2.48. The molecule has 0 aromatic heterocycles. The monoisotopic (exact) mass is 218 g/mol. The highest BCUT2D eigenvalue weighted by molar-refractivity contribution is 5.90. The molecule has 2 rings (SSSR count). The van der Waals surface area contributed by atoms with Crippen LogP contribution in [0.5, 0.6) is 11.5 Å². The van der Waals surface area contributed by atoms with E-state index in [4.69, 9.17) is 4.74 Å². The van der Waals surface area contributed by atoms with Crippen LogP contribution in [0, 0.1) is 0 Å². The highest BCUT2D eigenvalue weighted by atomic mass is 16.7. The smallest absolute Gasteiger partial charge is 0.504 e. The fraction of sp³-hybridized carbons (Fsp3) is 0.0833. The SMILES string of the molecule is COC(=O)Oc1ccc2ccccc2c1O. The topological polar surface area (TPSA) is 55.8 Å². The van der Waals surface area contributed by atoms with Crippen LogP contribution in [0.1, 0.15) is 0 Å². The van der Waals surface area contributed by atoms with Crippen LogP contribution in [-0.2, 0) is 4.74 Å². The van der Waals surface area contributed by atoms with Gasteiger partial charge in [0.15, 0.2) is 11.5 Å². The molecule has 0 unspecified atom stereocenters. The predicted molar refractivity (Wildman–Crippen MR) is 58.6 cm³/mol.